The van der Waals surface area contributed by atoms with E-state index in [-0.39, 0.29) is 12.2 Å². The lowest BCUT2D eigenvalue weighted by Crippen LogP contribution is -2.39. The van der Waals surface area contributed by atoms with E-state index in [0.717, 1.165) is 16.8 Å². The quantitative estimate of drug-likeness (QED) is 0.458. The molecular formula is C27H29N3O5S. The van der Waals surface area contributed by atoms with Gasteiger partial charge in [0.25, 0.3) is 5.56 Å². The van der Waals surface area contributed by atoms with Crippen molar-refractivity contribution in [2.45, 2.75) is 19.9 Å². The van der Waals surface area contributed by atoms with Gasteiger partial charge in [0, 0.05) is 19.8 Å². The number of thiazole rings is 1. The molecule has 1 aliphatic rings. The first-order valence-corrected chi connectivity index (χ1v) is 12.3. The topological polar surface area (TPSA) is 82.4 Å². The SMILES string of the molecule is CCOC(=O)C1=C(C)N=c2s/c(=C\c3ccc(OC)c(OC)c3)c(=O)n2[C@@H]1c1ccc(N(C)C)cc1. The van der Waals surface area contributed by atoms with Crippen LogP contribution in [0, 0.1) is 0 Å². The summed E-state index contributed by atoms with van der Waals surface area (Å²) in [5.41, 5.74) is 3.26. The van der Waals surface area contributed by atoms with E-state index in [1.54, 1.807) is 44.8 Å². The van der Waals surface area contributed by atoms with Crippen LogP contribution < -0.4 is 29.3 Å². The van der Waals surface area contributed by atoms with Crippen molar-refractivity contribution in [3.8, 4) is 11.5 Å². The maximum absolute atomic E-state index is 13.7. The molecule has 9 heteroatoms. The third kappa shape index (κ3) is 4.66. The summed E-state index contributed by atoms with van der Waals surface area (Å²) in [6.45, 7) is 3.76. The Labute approximate surface area is 213 Å². The van der Waals surface area contributed by atoms with Gasteiger partial charge >= 0.3 is 5.97 Å². The molecule has 0 aliphatic carbocycles. The minimum atomic E-state index is -0.649. The molecule has 1 aliphatic heterocycles. The van der Waals surface area contributed by atoms with E-state index in [9.17, 15) is 9.59 Å². The Morgan fingerprint density at radius 3 is 2.42 bits per heavy atom. The van der Waals surface area contributed by atoms with Crippen LogP contribution in [0.4, 0.5) is 5.69 Å². The van der Waals surface area contributed by atoms with Crippen molar-refractivity contribution in [1.82, 2.24) is 4.57 Å². The van der Waals surface area contributed by atoms with Crippen molar-refractivity contribution >= 4 is 29.1 Å². The molecule has 8 nitrogen and oxygen atoms in total. The first-order chi connectivity index (χ1) is 17.3. The summed E-state index contributed by atoms with van der Waals surface area (Å²) in [6.07, 6.45) is 1.79. The van der Waals surface area contributed by atoms with Crippen LogP contribution in [-0.2, 0) is 9.53 Å². The van der Waals surface area contributed by atoms with Gasteiger partial charge in [-0.15, -0.1) is 0 Å². The fraction of sp³-hybridized carbons (Fsp3) is 0.296. The number of hydrogen-bond donors (Lipinski definition) is 0. The smallest absolute Gasteiger partial charge is 0.338 e. The van der Waals surface area contributed by atoms with Crippen LogP contribution in [0.15, 0.2) is 63.5 Å². The number of benzene rings is 2. The lowest BCUT2D eigenvalue weighted by Gasteiger charge is -2.25. The van der Waals surface area contributed by atoms with Crippen LogP contribution in [0.3, 0.4) is 0 Å². The molecule has 0 N–H and O–H groups in total. The van der Waals surface area contributed by atoms with Gasteiger partial charge in [0.15, 0.2) is 16.3 Å². The molecule has 0 saturated carbocycles. The lowest BCUT2D eigenvalue weighted by molar-refractivity contribution is -0.139. The number of hydrogen-bond acceptors (Lipinski definition) is 8. The summed E-state index contributed by atoms with van der Waals surface area (Å²) >= 11 is 1.28. The van der Waals surface area contributed by atoms with E-state index in [0.29, 0.717) is 32.1 Å². The molecule has 0 saturated heterocycles. The number of anilines is 1. The molecule has 188 valence electrons. The number of carbonyl (C=O) groups is 1. The van der Waals surface area contributed by atoms with Gasteiger partial charge in [-0.1, -0.05) is 29.5 Å². The van der Waals surface area contributed by atoms with E-state index in [4.69, 9.17) is 14.2 Å². The minimum absolute atomic E-state index is 0.228. The predicted molar refractivity (Wildman–Crippen MR) is 141 cm³/mol. The maximum Gasteiger partial charge on any atom is 0.338 e. The van der Waals surface area contributed by atoms with Crippen molar-refractivity contribution in [2.75, 3.05) is 39.8 Å². The van der Waals surface area contributed by atoms with Gasteiger partial charge in [-0.2, -0.15) is 0 Å². The highest BCUT2D eigenvalue weighted by Crippen LogP contribution is 2.32. The van der Waals surface area contributed by atoms with E-state index in [2.05, 4.69) is 4.99 Å². The summed E-state index contributed by atoms with van der Waals surface area (Å²) in [7, 11) is 7.06. The molecule has 1 aromatic heterocycles. The highest BCUT2D eigenvalue weighted by molar-refractivity contribution is 7.07. The molecule has 1 atom stereocenters. The van der Waals surface area contributed by atoms with Crippen LogP contribution in [0.2, 0.25) is 0 Å². The number of fused-ring (bicyclic) bond motifs is 1. The Kier molecular flexibility index (Phi) is 7.30. The molecule has 0 bridgehead atoms. The number of esters is 1. The van der Waals surface area contributed by atoms with Gasteiger partial charge < -0.3 is 19.1 Å². The first kappa shape index (κ1) is 25.2. The Morgan fingerprint density at radius 2 is 1.81 bits per heavy atom. The average molecular weight is 508 g/mol. The van der Waals surface area contributed by atoms with Crippen molar-refractivity contribution in [2.24, 2.45) is 4.99 Å². The van der Waals surface area contributed by atoms with Gasteiger partial charge in [-0.3, -0.25) is 9.36 Å². The number of aromatic nitrogens is 1. The monoisotopic (exact) mass is 507 g/mol. The minimum Gasteiger partial charge on any atom is -0.493 e. The van der Waals surface area contributed by atoms with Crippen LogP contribution in [0.25, 0.3) is 6.08 Å². The van der Waals surface area contributed by atoms with Crippen LogP contribution in [0.5, 0.6) is 11.5 Å². The van der Waals surface area contributed by atoms with Gasteiger partial charge in [-0.05, 0) is 55.3 Å². The van der Waals surface area contributed by atoms with Crippen molar-refractivity contribution in [1.29, 1.82) is 0 Å². The molecule has 0 unspecified atom stereocenters. The number of rotatable bonds is 7. The number of carbonyl (C=O) groups excluding carboxylic acids is 1. The van der Waals surface area contributed by atoms with Gasteiger partial charge in [-0.25, -0.2) is 9.79 Å². The average Bonchev–Trinajstić information content (AvgIpc) is 3.17. The van der Waals surface area contributed by atoms with E-state index >= 15 is 0 Å². The molecule has 3 aromatic rings. The zero-order valence-electron chi connectivity index (χ0n) is 21.2. The lowest BCUT2D eigenvalue weighted by atomic mass is 9.95. The molecule has 0 amide bonds. The molecule has 2 heterocycles. The Bertz CT molecular complexity index is 1500. The van der Waals surface area contributed by atoms with Crippen molar-refractivity contribution in [3.63, 3.8) is 0 Å². The van der Waals surface area contributed by atoms with Gasteiger partial charge in [0.2, 0.25) is 0 Å². The second-order valence-corrected chi connectivity index (χ2v) is 9.41. The number of allylic oxidation sites excluding steroid dienone is 1. The summed E-state index contributed by atoms with van der Waals surface area (Å²) in [6, 6.07) is 12.6. The first-order valence-electron chi connectivity index (χ1n) is 11.5. The van der Waals surface area contributed by atoms with Crippen LogP contribution in [0.1, 0.15) is 31.0 Å². The molecular weight excluding hydrogens is 478 g/mol. The highest BCUT2D eigenvalue weighted by Gasteiger charge is 2.33. The zero-order valence-corrected chi connectivity index (χ0v) is 22.0. The number of methoxy groups -OCH3 is 2. The third-order valence-electron chi connectivity index (χ3n) is 5.95. The summed E-state index contributed by atoms with van der Waals surface area (Å²) in [4.78, 5) is 33.9. The zero-order chi connectivity index (χ0) is 26.0. The summed E-state index contributed by atoms with van der Waals surface area (Å²) in [5.74, 6) is 0.694. The Balaban J connectivity index is 1.91. The fourth-order valence-electron chi connectivity index (χ4n) is 4.16. The fourth-order valence-corrected chi connectivity index (χ4v) is 5.20. The molecule has 2 aromatic carbocycles. The van der Waals surface area contributed by atoms with Gasteiger partial charge in [0.1, 0.15) is 0 Å². The van der Waals surface area contributed by atoms with E-state index < -0.39 is 12.0 Å². The van der Waals surface area contributed by atoms with Crippen LogP contribution in [-0.4, -0.2) is 45.5 Å². The molecule has 0 fully saturated rings. The Morgan fingerprint density at radius 1 is 1.11 bits per heavy atom. The molecule has 4 rings (SSSR count). The number of nitrogens with zero attached hydrogens (tertiary/aromatic N) is 3. The van der Waals surface area contributed by atoms with Crippen molar-refractivity contribution in [3.05, 3.63) is 84.5 Å². The normalized spacial score (nSPS) is 15.3. The molecule has 36 heavy (non-hydrogen) atoms. The van der Waals surface area contributed by atoms with Crippen LogP contribution >= 0.6 is 11.3 Å². The second kappa shape index (κ2) is 10.4. The highest BCUT2D eigenvalue weighted by atomic mass is 32.1. The summed E-state index contributed by atoms with van der Waals surface area (Å²) < 4.78 is 18.2. The Hall–Kier alpha value is -3.85. The molecule has 0 spiro atoms. The maximum atomic E-state index is 13.7. The van der Waals surface area contributed by atoms with Gasteiger partial charge in [0.05, 0.1) is 42.7 Å². The summed E-state index contributed by atoms with van der Waals surface area (Å²) in [5, 5.41) is 0. The second-order valence-electron chi connectivity index (χ2n) is 8.40. The third-order valence-corrected chi connectivity index (χ3v) is 6.93. The van der Waals surface area contributed by atoms with Crippen molar-refractivity contribution < 1.29 is 19.0 Å². The van der Waals surface area contributed by atoms with E-state index in [1.165, 1.54) is 11.3 Å². The number of ether oxygens (including phenoxy) is 3. The molecule has 0 radical (unpaired) electrons. The largest absolute Gasteiger partial charge is 0.493 e. The standard InChI is InChI=1S/C27H29N3O5S/c1-7-35-26(32)23-16(2)28-27-30(24(23)18-9-11-19(12-10-18)29(3)4)25(31)22(36-27)15-17-8-13-20(33-5)21(14-17)34-6/h8-15,24H,7H2,1-6H3/b22-15-/t24-/m1/s1. The predicted octanol–water partition coefficient (Wildman–Crippen LogP) is 2.88. The van der Waals surface area contributed by atoms with E-state index in [1.807, 2.05) is 55.4 Å².